The molecular formula is C19H21NO4. The number of benzene rings is 2. The predicted molar refractivity (Wildman–Crippen MR) is 91.2 cm³/mol. The third-order valence-electron chi connectivity index (χ3n) is 4.63. The Morgan fingerprint density at radius 2 is 2.12 bits per heavy atom. The van der Waals surface area contributed by atoms with Gasteiger partial charge in [-0.05, 0) is 41.3 Å². The lowest BCUT2D eigenvalue weighted by atomic mass is 10.0. The standard InChI is InChI=1S/C19H21NO4/c1-24-16-8-7-13-4-2-5-14(17(13)12-16)10-18(21)20-9-3-6-15(20)11-19(22)23/h2,4-5,7-8,12,15H,3,6,9-11H2,1H3,(H,22,23). The summed E-state index contributed by atoms with van der Waals surface area (Å²) in [6.45, 7) is 0.644. The van der Waals surface area contributed by atoms with Crippen LogP contribution in [0.2, 0.25) is 0 Å². The first kappa shape index (κ1) is 16.3. The summed E-state index contributed by atoms with van der Waals surface area (Å²) in [6, 6.07) is 11.5. The maximum absolute atomic E-state index is 12.7. The summed E-state index contributed by atoms with van der Waals surface area (Å²) in [5.74, 6) is -0.101. The maximum atomic E-state index is 12.7. The van der Waals surface area contributed by atoms with Gasteiger partial charge in [-0.3, -0.25) is 9.59 Å². The summed E-state index contributed by atoms with van der Waals surface area (Å²) in [5.41, 5.74) is 0.942. The number of carbonyl (C=O) groups is 2. The van der Waals surface area contributed by atoms with E-state index in [1.54, 1.807) is 12.0 Å². The van der Waals surface area contributed by atoms with Crippen molar-refractivity contribution < 1.29 is 19.4 Å². The number of ether oxygens (including phenoxy) is 1. The number of aliphatic carboxylic acids is 1. The van der Waals surface area contributed by atoms with Crippen LogP contribution >= 0.6 is 0 Å². The van der Waals surface area contributed by atoms with Crippen LogP contribution in [-0.4, -0.2) is 41.6 Å². The van der Waals surface area contributed by atoms with E-state index >= 15 is 0 Å². The number of fused-ring (bicyclic) bond motifs is 1. The second-order valence-electron chi connectivity index (χ2n) is 6.16. The Hall–Kier alpha value is -2.56. The van der Waals surface area contributed by atoms with Gasteiger partial charge in [-0.15, -0.1) is 0 Å². The van der Waals surface area contributed by atoms with Crippen molar-refractivity contribution in [1.82, 2.24) is 4.90 Å². The number of nitrogens with zero attached hydrogens (tertiary/aromatic N) is 1. The van der Waals surface area contributed by atoms with Gasteiger partial charge in [-0.25, -0.2) is 0 Å². The van der Waals surface area contributed by atoms with Gasteiger partial charge in [-0.1, -0.05) is 24.3 Å². The van der Waals surface area contributed by atoms with E-state index in [9.17, 15) is 9.59 Å². The molecular weight excluding hydrogens is 306 g/mol. The highest BCUT2D eigenvalue weighted by Crippen LogP contribution is 2.26. The summed E-state index contributed by atoms with van der Waals surface area (Å²) in [7, 11) is 1.62. The number of carboxylic acid groups (broad SMARTS) is 1. The van der Waals surface area contributed by atoms with E-state index < -0.39 is 5.97 Å². The smallest absolute Gasteiger partial charge is 0.305 e. The van der Waals surface area contributed by atoms with Crippen LogP contribution in [0.4, 0.5) is 0 Å². The Kier molecular flexibility index (Phi) is 4.69. The molecule has 1 amide bonds. The van der Waals surface area contributed by atoms with Crippen molar-refractivity contribution in [1.29, 1.82) is 0 Å². The van der Waals surface area contributed by atoms with Gasteiger partial charge in [0.25, 0.3) is 0 Å². The van der Waals surface area contributed by atoms with Crippen LogP contribution in [0.15, 0.2) is 36.4 Å². The van der Waals surface area contributed by atoms with Gasteiger partial charge in [-0.2, -0.15) is 0 Å². The highest BCUT2D eigenvalue weighted by Gasteiger charge is 2.30. The van der Waals surface area contributed by atoms with E-state index in [4.69, 9.17) is 9.84 Å². The van der Waals surface area contributed by atoms with Gasteiger partial charge >= 0.3 is 5.97 Å². The zero-order chi connectivity index (χ0) is 17.1. The first-order chi connectivity index (χ1) is 11.6. The number of amides is 1. The zero-order valence-electron chi connectivity index (χ0n) is 13.7. The van der Waals surface area contributed by atoms with Crippen LogP contribution in [0.5, 0.6) is 5.75 Å². The van der Waals surface area contributed by atoms with Gasteiger partial charge in [0, 0.05) is 12.6 Å². The summed E-state index contributed by atoms with van der Waals surface area (Å²) >= 11 is 0. The van der Waals surface area contributed by atoms with Gasteiger partial charge in [0.05, 0.1) is 20.0 Å². The molecule has 1 fully saturated rings. The lowest BCUT2D eigenvalue weighted by molar-refractivity contribution is -0.139. The van der Waals surface area contributed by atoms with Gasteiger partial charge in [0.2, 0.25) is 5.91 Å². The van der Waals surface area contributed by atoms with Crippen LogP contribution in [0, 0.1) is 0 Å². The van der Waals surface area contributed by atoms with Crippen molar-refractivity contribution in [3.63, 3.8) is 0 Å². The number of methoxy groups -OCH3 is 1. The lowest BCUT2D eigenvalue weighted by Gasteiger charge is -2.24. The molecule has 0 spiro atoms. The highest BCUT2D eigenvalue weighted by atomic mass is 16.5. The number of hydrogen-bond donors (Lipinski definition) is 1. The first-order valence-electron chi connectivity index (χ1n) is 8.15. The number of carbonyl (C=O) groups excluding carboxylic acids is 1. The molecule has 1 saturated heterocycles. The lowest BCUT2D eigenvalue weighted by Crippen LogP contribution is -2.37. The number of hydrogen-bond acceptors (Lipinski definition) is 3. The topological polar surface area (TPSA) is 66.8 Å². The largest absolute Gasteiger partial charge is 0.497 e. The van der Waals surface area contributed by atoms with Crippen LogP contribution in [0.25, 0.3) is 10.8 Å². The molecule has 126 valence electrons. The molecule has 2 aromatic carbocycles. The van der Waals surface area contributed by atoms with Crippen molar-refractivity contribution in [3.05, 3.63) is 42.0 Å². The molecule has 2 aromatic rings. The van der Waals surface area contributed by atoms with Crippen molar-refractivity contribution in [2.24, 2.45) is 0 Å². The van der Waals surface area contributed by atoms with E-state index in [0.717, 1.165) is 34.9 Å². The molecule has 1 aliphatic rings. The minimum absolute atomic E-state index is 0.00549. The number of rotatable bonds is 5. The van der Waals surface area contributed by atoms with Crippen molar-refractivity contribution in [2.75, 3.05) is 13.7 Å². The van der Waals surface area contributed by atoms with E-state index in [1.807, 2.05) is 36.4 Å². The molecule has 3 rings (SSSR count). The van der Waals surface area contributed by atoms with E-state index in [-0.39, 0.29) is 24.8 Å². The minimum atomic E-state index is -0.852. The fourth-order valence-electron chi connectivity index (χ4n) is 3.44. The van der Waals surface area contributed by atoms with E-state index in [2.05, 4.69) is 0 Å². The minimum Gasteiger partial charge on any atom is -0.497 e. The molecule has 0 bridgehead atoms. The van der Waals surface area contributed by atoms with Crippen molar-refractivity contribution >= 4 is 22.6 Å². The third-order valence-corrected chi connectivity index (χ3v) is 4.63. The first-order valence-corrected chi connectivity index (χ1v) is 8.15. The summed E-state index contributed by atoms with van der Waals surface area (Å²) in [4.78, 5) is 25.4. The molecule has 0 radical (unpaired) electrons. The molecule has 1 aliphatic heterocycles. The van der Waals surface area contributed by atoms with E-state index in [0.29, 0.717) is 6.54 Å². The summed E-state index contributed by atoms with van der Waals surface area (Å²) in [5, 5.41) is 11.1. The molecule has 1 N–H and O–H groups in total. The summed E-state index contributed by atoms with van der Waals surface area (Å²) < 4.78 is 5.28. The third kappa shape index (κ3) is 3.35. The van der Waals surface area contributed by atoms with E-state index in [1.165, 1.54) is 0 Å². The molecule has 1 heterocycles. The fraction of sp³-hybridized carbons (Fsp3) is 0.368. The van der Waals surface area contributed by atoms with Gasteiger partial charge < -0.3 is 14.7 Å². The second kappa shape index (κ2) is 6.91. The maximum Gasteiger partial charge on any atom is 0.305 e. The molecule has 5 heteroatoms. The average molecular weight is 327 g/mol. The molecule has 0 aromatic heterocycles. The molecule has 1 atom stereocenters. The monoisotopic (exact) mass is 327 g/mol. The van der Waals surface area contributed by atoms with Crippen LogP contribution in [0.3, 0.4) is 0 Å². The Labute approximate surface area is 140 Å². The Bertz CT molecular complexity index is 771. The zero-order valence-corrected chi connectivity index (χ0v) is 13.7. The second-order valence-corrected chi connectivity index (χ2v) is 6.16. The van der Waals surface area contributed by atoms with Crippen molar-refractivity contribution in [2.45, 2.75) is 31.7 Å². The fourth-order valence-corrected chi connectivity index (χ4v) is 3.44. The van der Waals surface area contributed by atoms with Gasteiger partial charge in [0.1, 0.15) is 5.75 Å². The van der Waals surface area contributed by atoms with Crippen molar-refractivity contribution in [3.8, 4) is 5.75 Å². The average Bonchev–Trinajstić information content (AvgIpc) is 3.02. The number of carboxylic acids is 1. The number of likely N-dealkylation sites (tertiary alicyclic amines) is 1. The highest BCUT2D eigenvalue weighted by molar-refractivity contribution is 5.91. The quantitative estimate of drug-likeness (QED) is 0.917. The molecule has 24 heavy (non-hydrogen) atoms. The SMILES string of the molecule is COc1ccc2cccc(CC(=O)N3CCCC3CC(=O)O)c2c1. The molecule has 5 nitrogen and oxygen atoms in total. The van der Waals surface area contributed by atoms with Gasteiger partial charge in [0.15, 0.2) is 0 Å². The Morgan fingerprint density at radius 3 is 2.88 bits per heavy atom. The van der Waals surface area contributed by atoms with Crippen LogP contribution < -0.4 is 4.74 Å². The van der Waals surface area contributed by atoms with Crippen LogP contribution in [-0.2, 0) is 16.0 Å². The molecule has 0 aliphatic carbocycles. The Balaban J connectivity index is 1.83. The molecule has 0 saturated carbocycles. The summed E-state index contributed by atoms with van der Waals surface area (Å²) in [6.07, 6.45) is 1.93. The normalized spacial score (nSPS) is 17.2. The van der Waals surface area contributed by atoms with Crippen LogP contribution in [0.1, 0.15) is 24.8 Å². The predicted octanol–water partition coefficient (Wildman–Crippen LogP) is 2.86. The Morgan fingerprint density at radius 1 is 1.29 bits per heavy atom. The molecule has 1 unspecified atom stereocenters.